The second kappa shape index (κ2) is 7.96. The van der Waals surface area contributed by atoms with Gasteiger partial charge in [-0.1, -0.05) is 26.7 Å². The predicted molar refractivity (Wildman–Crippen MR) is 67.3 cm³/mol. The molecule has 2 N–H and O–H groups in total. The third-order valence-electron chi connectivity index (χ3n) is 3.09. The summed E-state index contributed by atoms with van der Waals surface area (Å²) in [5, 5.41) is 11.0. The summed E-state index contributed by atoms with van der Waals surface area (Å²) < 4.78 is 37.0. The van der Waals surface area contributed by atoms with Gasteiger partial charge >= 0.3 is 18.2 Å². The van der Waals surface area contributed by atoms with Crippen LogP contribution in [-0.2, 0) is 4.79 Å². The topological polar surface area (TPSA) is 69.6 Å². The van der Waals surface area contributed by atoms with Crippen LogP contribution in [-0.4, -0.2) is 47.3 Å². The van der Waals surface area contributed by atoms with Gasteiger partial charge in [-0.05, 0) is 12.8 Å². The number of carboxylic acids is 1. The molecule has 0 rings (SSSR count). The number of hydrogen-bond donors (Lipinski definition) is 2. The number of amides is 2. The molecule has 0 saturated carbocycles. The average molecular weight is 298 g/mol. The van der Waals surface area contributed by atoms with Crippen molar-refractivity contribution in [2.45, 2.75) is 45.8 Å². The van der Waals surface area contributed by atoms with E-state index in [1.54, 1.807) is 6.92 Å². The second-order valence-corrected chi connectivity index (χ2v) is 4.68. The number of alkyl halides is 3. The van der Waals surface area contributed by atoms with E-state index in [1.165, 1.54) is 0 Å². The largest absolute Gasteiger partial charge is 0.480 e. The maximum Gasteiger partial charge on any atom is 0.406 e. The Morgan fingerprint density at radius 1 is 1.25 bits per heavy atom. The number of halogens is 3. The molecule has 0 bridgehead atoms. The third kappa shape index (κ3) is 7.20. The highest BCUT2D eigenvalue weighted by Gasteiger charge is 2.34. The van der Waals surface area contributed by atoms with Crippen LogP contribution < -0.4 is 5.32 Å². The van der Waals surface area contributed by atoms with Crippen molar-refractivity contribution in [2.75, 3.05) is 13.1 Å². The van der Waals surface area contributed by atoms with E-state index >= 15 is 0 Å². The highest BCUT2D eigenvalue weighted by atomic mass is 19.4. The highest BCUT2D eigenvalue weighted by molar-refractivity contribution is 5.80. The monoisotopic (exact) mass is 298 g/mol. The van der Waals surface area contributed by atoms with Crippen LogP contribution >= 0.6 is 0 Å². The van der Waals surface area contributed by atoms with Crippen molar-refractivity contribution in [3.63, 3.8) is 0 Å². The zero-order chi connectivity index (χ0) is 15.9. The van der Waals surface area contributed by atoms with Crippen LogP contribution in [0.4, 0.5) is 18.0 Å². The van der Waals surface area contributed by atoms with Gasteiger partial charge in [-0.15, -0.1) is 0 Å². The van der Waals surface area contributed by atoms with E-state index in [-0.39, 0.29) is 16.9 Å². The molecule has 118 valence electrons. The lowest BCUT2D eigenvalue weighted by Gasteiger charge is -2.27. The minimum Gasteiger partial charge on any atom is -0.480 e. The van der Waals surface area contributed by atoms with Crippen LogP contribution in [0.5, 0.6) is 0 Å². The second-order valence-electron chi connectivity index (χ2n) is 4.68. The minimum atomic E-state index is -4.63. The summed E-state index contributed by atoms with van der Waals surface area (Å²) in [6.07, 6.45) is -3.09. The van der Waals surface area contributed by atoms with Gasteiger partial charge in [0.2, 0.25) is 0 Å². The lowest BCUT2D eigenvalue weighted by Crippen LogP contribution is -2.50. The van der Waals surface area contributed by atoms with Crippen LogP contribution in [0.15, 0.2) is 0 Å². The van der Waals surface area contributed by atoms with E-state index in [2.05, 4.69) is 5.32 Å². The molecular formula is C12H21F3N2O3. The first-order chi connectivity index (χ1) is 9.10. The molecule has 8 heteroatoms. The van der Waals surface area contributed by atoms with Crippen LogP contribution in [0, 0.1) is 5.92 Å². The molecule has 0 aromatic heterocycles. The average Bonchev–Trinajstić information content (AvgIpc) is 2.27. The fraction of sp³-hybridized carbons (Fsp3) is 0.833. The van der Waals surface area contributed by atoms with E-state index < -0.39 is 31.3 Å². The molecule has 0 saturated heterocycles. The van der Waals surface area contributed by atoms with Gasteiger partial charge in [0, 0.05) is 6.04 Å². The van der Waals surface area contributed by atoms with E-state index in [0.29, 0.717) is 0 Å². The number of carbonyl (C=O) groups excluding carboxylic acids is 1. The van der Waals surface area contributed by atoms with Gasteiger partial charge < -0.3 is 15.3 Å². The van der Waals surface area contributed by atoms with Gasteiger partial charge in [-0.3, -0.25) is 4.79 Å². The molecule has 0 aliphatic carbocycles. The van der Waals surface area contributed by atoms with Gasteiger partial charge in [0.1, 0.15) is 13.1 Å². The summed E-state index contributed by atoms with van der Waals surface area (Å²) in [5.74, 6) is -1.35. The van der Waals surface area contributed by atoms with Gasteiger partial charge in [0.05, 0.1) is 0 Å². The van der Waals surface area contributed by atoms with Crippen molar-refractivity contribution in [1.29, 1.82) is 0 Å². The van der Waals surface area contributed by atoms with Gasteiger partial charge in [0.15, 0.2) is 0 Å². The molecule has 0 aliphatic heterocycles. The lowest BCUT2D eigenvalue weighted by molar-refractivity contribution is -0.149. The van der Waals surface area contributed by atoms with E-state index in [0.717, 1.165) is 12.8 Å². The van der Waals surface area contributed by atoms with Crippen molar-refractivity contribution in [3.8, 4) is 0 Å². The van der Waals surface area contributed by atoms with Crippen molar-refractivity contribution in [3.05, 3.63) is 0 Å². The van der Waals surface area contributed by atoms with Crippen molar-refractivity contribution in [2.24, 2.45) is 5.92 Å². The first-order valence-corrected chi connectivity index (χ1v) is 6.44. The fourth-order valence-electron chi connectivity index (χ4n) is 1.98. The molecule has 1 atom stereocenters. The molecule has 0 radical (unpaired) electrons. The first kappa shape index (κ1) is 18.5. The number of carbonyl (C=O) groups is 2. The van der Waals surface area contributed by atoms with Crippen LogP contribution in [0.25, 0.3) is 0 Å². The SMILES string of the molecule is CCC(CC)C(C)NC(=O)N(CC(=O)O)CC(F)(F)F. The molecule has 0 aromatic rings. The number of aliphatic carboxylic acids is 1. The number of hydrogen-bond acceptors (Lipinski definition) is 2. The number of carboxylic acid groups (broad SMARTS) is 1. The fourth-order valence-corrected chi connectivity index (χ4v) is 1.98. The first-order valence-electron chi connectivity index (χ1n) is 6.44. The number of rotatable bonds is 7. The highest BCUT2D eigenvalue weighted by Crippen LogP contribution is 2.17. The Balaban J connectivity index is 4.74. The zero-order valence-electron chi connectivity index (χ0n) is 11.8. The molecule has 0 heterocycles. The minimum absolute atomic E-state index is 0.136. The van der Waals surface area contributed by atoms with Crippen LogP contribution in [0.1, 0.15) is 33.6 Å². The summed E-state index contributed by atoms with van der Waals surface area (Å²) in [4.78, 5) is 22.5. The summed E-state index contributed by atoms with van der Waals surface area (Å²) in [5.41, 5.74) is 0. The van der Waals surface area contributed by atoms with Gasteiger partial charge in [0.25, 0.3) is 0 Å². The van der Waals surface area contributed by atoms with Gasteiger partial charge in [-0.25, -0.2) is 4.79 Å². The molecule has 0 fully saturated rings. The van der Waals surface area contributed by atoms with E-state index in [4.69, 9.17) is 5.11 Å². The standard InChI is InChI=1S/C12H21F3N2O3/c1-4-9(5-2)8(3)16-11(20)17(6-10(18)19)7-12(13,14)15/h8-9H,4-7H2,1-3H3,(H,16,20)(H,18,19). The Labute approximate surface area is 116 Å². The molecule has 0 aliphatic rings. The van der Waals surface area contributed by atoms with Crippen molar-refractivity contribution >= 4 is 12.0 Å². The summed E-state index contributed by atoms with van der Waals surface area (Å²) in [6.45, 7) is 2.97. The van der Waals surface area contributed by atoms with Crippen LogP contribution in [0.2, 0.25) is 0 Å². The summed E-state index contributed by atoms with van der Waals surface area (Å²) in [6, 6.07) is -1.33. The zero-order valence-corrected chi connectivity index (χ0v) is 11.8. The molecule has 20 heavy (non-hydrogen) atoms. The Kier molecular flexibility index (Phi) is 7.38. The third-order valence-corrected chi connectivity index (χ3v) is 3.09. The Morgan fingerprint density at radius 3 is 2.10 bits per heavy atom. The van der Waals surface area contributed by atoms with Crippen molar-refractivity contribution in [1.82, 2.24) is 10.2 Å². The molecule has 2 amide bonds. The molecular weight excluding hydrogens is 277 g/mol. The normalized spacial score (nSPS) is 13.2. The van der Waals surface area contributed by atoms with E-state index in [9.17, 15) is 22.8 Å². The maximum atomic E-state index is 12.3. The number of nitrogens with zero attached hydrogens (tertiary/aromatic N) is 1. The smallest absolute Gasteiger partial charge is 0.406 e. The molecule has 0 spiro atoms. The quantitative estimate of drug-likeness (QED) is 0.758. The van der Waals surface area contributed by atoms with Gasteiger partial charge in [-0.2, -0.15) is 13.2 Å². The Bertz CT molecular complexity index is 330. The summed E-state index contributed by atoms with van der Waals surface area (Å²) >= 11 is 0. The summed E-state index contributed by atoms with van der Waals surface area (Å²) in [7, 11) is 0. The maximum absolute atomic E-state index is 12.3. The van der Waals surface area contributed by atoms with Crippen LogP contribution in [0.3, 0.4) is 0 Å². The van der Waals surface area contributed by atoms with E-state index in [1.807, 2.05) is 13.8 Å². The van der Waals surface area contributed by atoms with Crippen molar-refractivity contribution < 1.29 is 27.9 Å². The molecule has 5 nitrogen and oxygen atoms in total. The lowest BCUT2D eigenvalue weighted by atomic mass is 9.96. The molecule has 0 aromatic carbocycles. The molecule has 1 unspecified atom stereocenters. The number of nitrogens with one attached hydrogen (secondary N) is 1. The number of urea groups is 1. The Morgan fingerprint density at radius 2 is 1.75 bits per heavy atom. The predicted octanol–water partition coefficient (Wildman–Crippen LogP) is 2.47. The Hall–Kier alpha value is -1.47.